The van der Waals surface area contributed by atoms with Crippen molar-refractivity contribution in [2.75, 3.05) is 6.61 Å². The molecule has 2 aliphatic heterocycles. The Morgan fingerprint density at radius 1 is 1.23 bits per heavy atom. The van der Waals surface area contributed by atoms with Gasteiger partial charge in [0.05, 0.1) is 10.2 Å². The highest BCUT2D eigenvalue weighted by Crippen LogP contribution is 2.55. The minimum Gasteiger partial charge on any atom is -0.404 e. The fourth-order valence-corrected chi connectivity index (χ4v) is 5.18. The quantitative estimate of drug-likeness (QED) is 0.419. The van der Waals surface area contributed by atoms with Gasteiger partial charge in [-0.2, -0.15) is 0 Å². The molecule has 5 atom stereocenters. The van der Waals surface area contributed by atoms with Crippen molar-refractivity contribution in [3.05, 3.63) is 60.9 Å². The van der Waals surface area contributed by atoms with Gasteiger partial charge in [0.25, 0.3) is 5.56 Å². The molecule has 2 N–H and O–H groups in total. The van der Waals surface area contributed by atoms with Crippen LogP contribution in [-0.2, 0) is 23.1 Å². The van der Waals surface area contributed by atoms with Crippen LogP contribution in [-0.4, -0.2) is 45.4 Å². The average Bonchev–Trinajstić information content (AvgIpc) is 3.02. The summed E-state index contributed by atoms with van der Waals surface area (Å²) in [7, 11) is -4.11. The van der Waals surface area contributed by atoms with E-state index in [0.717, 1.165) is 4.57 Å². The van der Waals surface area contributed by atoms with E-state index in [1.165, 1.54) is 6.20 Å². The number of nitrogens with zero attached hydrogens (tertiary/aromatic N) is 1. The van der Waals surface area contributed by atoms with Crippen LogP contribution in [0, 0.1) is 3.57 Å². The molecule has 31 heavy (non-hydrogen) atoms. The standard InChI is InChI=1S/C18H20IN2O9P/c1-18(2)27-14(16(28-18)21-8-11(19)15(23)20-17(21)24)13-12(22)9-26-31(25,30-13)29-10-6-4-3-5-7-10/h3-8,12-14,16,22H,9H2,1-2H3,(H,20,23,24)/t12-,13-,14-,16+,31-/m1/s1. The summed E-state index contributed by atoms with van der Waals surface area (Å²) in [5.74, 6) is -0.907. The second-order valence-electron chi connectivity index (χ2n) is 7.42. The van der Waals surface area contributed by atoms with Crippen molar-refractivity contribution in [2.24, 2.45) is 0 Å². The van der Waals surface area contributed by atoms with E-state index in [2.05, 4.69) is 4.98 Å². The lowest BCUT2D eigenvalue weighted by Gasteiger charge is -2.36. The monoisotopic (exact) mass is 566 g/mol. The van der Waals surface area contributed by atoms with Crippen molar-refractivity contribution in [1.82, 2.24) is 9.55 Å². The number of aliphatic hydroxyl groups is 1. The number of para-hydroxylation sites is 1. The number of aromatic nitrogens is 2. The largest absolute Gasteiger partial charge is 0.530 e. The normalized spacial score (nSPS) is 32.6. The summed E-state index contributed by atoms with van der Waals surface area (Å²) in [4.78, 5) is 26.4. The number of rotatable bonds is 4. The smallest absolute Gasteiger partial charge is 0.404 e. The topological polar surface area (TPSA) is 138 Å². The lowest BCUT2D eigenvalue weighted by Crippen LogP contribution is -2.49. The van der Waals surface area contributed by atoms with Crippen molar-refractivity contribution in [3.8, 4) is 5.75 Å². The van der Waals surface area contributed by atoms with Gasteiger partial charge in [-0.05, 0) is 48.6 Å². The number of nitrogens with one attached hydrogen (secondary N) is 1. The zero-order valence-electron chi connectivity index (χ0n) is 16.5. The maximum Gasteiger partial charge on any atom is 0.530 e. The predicted molar refractivity (Wildman–Crippen MR) is 115 cm³/mol. The summed E-state index contributed by atoms with van der Waals surface area (Å²) >= 11 is 1.78. The number of H-pyrrole nitrogens is 1. The molecule has 0 bridgehead atoms. The van der Waals surface area contributed by atoms with E-state index in [9.17, 15) is 19.3 Å². The van der Waals surface area contributed by atoms with Gasteiger partial charge in [0.1, 0.15) is 24.1 Å². The Hall–Kier alpha value is -1.54. The van der Waals surface area contributed by atoms with Crippen molar-refractivity contribution >= 4 is 30.4 Å². The average molecular weight is 566 g/mol. The molecular weight excluding hydrogens is 546 g/mol. The SMILES string of the molecule is CC1(C)O[C@H]([C@@H]2O[P@@](=O)(Oc3ccccc3)OC[C@H]2O)[C@@H](n2cc(I)c(=O)[nH]c2=O)O1. The molecule has 2 aliphatic rings. The summed E-state index contributed by atoms with van der Waals surface area (Å²) < 4.78 is 42.4. The van der Waals surface area contributed by atoms with E-state index in [1.807, 2.05) is 0 Å². The molecule has 0 unspecified atom stereocenters. The third-order valence-electron chi connectivity index (χ3n) is 4.62. The van der Waals surface area contributed by atoms with Gasteiger partial charge < -0.3 is 19.1 Å². The molecule has 0 saturated carbocycles. The molecule has 0 amide bonds. The van der Waals surface area contributed by atoms with E-state index in [4.69, 9.17) is 23.0 Å². The lowest BCUT2D eigenvalue weighted by molar-refractivity contribution is -0.169. The predicted octanol–water partition coefficient (Wildman–Crippen LogP) is 1.75. The van der Waals surface area contributed by atoms with Crippen LogP contribution < -0.4 is 15.8 Å². The number of phosphoric ester groups is 1. The van der Waals surface area contributed by atoms with Crippen molar-refractivity contribution in [2.45, 2.75) is 44.2 Å². The van der Waals surface area contributed by atoms with Crippen LogP contribution in [0.4, 0.5) is 0 Å². The first-order valence-electron chi connectivity index (χ1n) is 9.29. The fraction of sp³-hybridized carbons (Fsp3) is 0.444. The van der Waals surface area contributed by atoms with Crippen LogP contribution in [0.5, 0.6) is 5.75 Å². The molecule has 11 nitrogen and oxygen atoms in total. The van der Waals surface area contributed by atoms with E-state index in [1.54, 1.807) is 66.8 Å². The molecule has 0 radical (unpaired) electrons. The molecule has 2 fully saturated rings. The second kappa shape index (κ2) is 8.43. The van der Waals surface area contributed by atoms with E-state index in [-0.39, 0.29) is 15.9 Å². The van der Waals surface area contributed by atoms with Crippen LogP contribution in [0.3, 0.4) is 0 Å². The zero-order valence-corrected chi connectivity index (χ0v) is 19.5. The maximum atomic E-state index is 13.1. The number of aliphatic hydroxyl groups excluding tert-OH is 1. The summed E-state index contributed by atoms with van der Waals surface area (Å²) in [6.45, 7) is 2.89. The molecule has 13 heteroatoms. The number of aromatic amines is 1. The third kappa shape index (κ3) is 4.80. The zero-order chi connectivity index (χ0) is 22.4. The number of hydrogen-bond acceptors (Lipinski definition) is 9. The van der Waals surface area contributed by atoms with Gasteiger partial charge in [0.2, 0.25) is 0 Å². The van der Waals surface area contributed by atoms with Gasteiger partial charge in [-0.1, -0.05) is 18.2 Å². The van der Waals surface area contributed by atoms with Crippen LogP contribution in [0.2, 0.25) is 0 Å². The molecule has 4 rings (SSSR count). The Balaban J connectivity index is 1.66. The van der Waals surface area contributed by atoms with Crippen LogP contribution >= 0.6 is 30.4 Å². The Morgan fingerprint density at radius 3 is 2.65 bits per heavy atom. The number of phosphoric acid groups is 1. The summed E-state index contributed by atoms with van der Waals surface area (Å²) in [6, 6.07) is 8.30. The van der Waals surface area contributed by atoms with Crippen LogP contribution in [0.1, 0.15) is 20.1 Å². The molecular formula is C18H20IN2O9P. The minimum atomic E-state index is -4.11. The van der Waals surface area contributed by atoms with E-state index < -0.39 is 49.4 Å². The number of hydrogen-bond donors (Lipinski definition) is 2. The molecule has 3 heterocycles. The van der Waals surface area contributed by atoms with Gasteiger partial charge in [0, 0.05) is 6.20 Å². The highest BCUT2D eigenvalue weighted by molar-refractivity contribution is 14.1. The number of halogens is 1. The minimum absolute atomic E-state index is 0.246. The first-order chi connectivity index (χ1) is 14.6. The first kappa shape index (κ1) is 22.6. The van der Waals surface area contributed by atoms with Crippen molar-refractivity contribution in [1.29, 1.82) is 0 Å². The Kier molecular flexibility index (Phi) is 6.16. The summed E-state index contributed by atoms with van der Waals surface area (Å²) in [5.41, 5.74) is -1.27. The highest BCUT2D eigenvalue weighted by Gasteiger charge is 2.54. The molecule has 1 aromatic heterocycles. The fourth-order valence-electron chi connectivity index (χ4n) is 3.32. The summed E-state index contributed by atoms with van der Waals surface area (Å²) in [6.07, 6.45) is -3.30. The summed E-state index contributed by atoms with van der Waals surface area (Å²) in [5, 5.41) is 10.5. The van der Waals surface area contributed by atoms with Gasteiger partial charge in [-0.15, -0.1) is 0 Å². The molecule has 2 saturated heterocycles. The molecule has 168 valence electrons. The van der Waals surface area contributed by atoms with Gasteiger partial charge in [-0.3, -0.25) is 23.4 Å². The third-order valence-corrected chi connectivity index (χ3v) is 6.79. The lowest BCUT2D eigenvalue weighted by atomic mass is 10.1. The van der Waals surface area contributed by atoms with E-state index >= 15 is 0 Å². The Bertz CT molecular complexity index is 1120. The van der Waals surface area contributed by atoms with Gasteiger partial charge in [-0.25, -0.2) is 9.36 Å². The van der Waals surface area contributed by atoms with Gasteiger partial charge in [0.15, 0.2) is 12.0 Å². The first-order valence-corrected chi connectivity index (χ1v) is 11.8. The Labute approximate surface area is 190 Å². The van der Waals surface area contributed by atoms with Crippen molar-refractivity contribution < 1.29 is 32.7 Å². The van der Waals surface area contributed by atoms with Crippen LogP contribution in [0.25, 0.3) is 0 Å². The maximum absolute atomic E-state index is 13.1. The molecule has 1 aromatic carbocycles. The van der Waals surface area contributed by atoms with Crippen LogP contribution in [0.15, 0.2) is 46.1 Å². The second-order valence-corrected chi connectivity index (χ2v) is 10.1. The highest BCUT2D eigenvalue weighted by atomic mass is 127. The van der Waals surface area contributed by atoms with E-state index in [0.29, 0.717) is 0 Å². The molecule has 0 aliphatic carbocycles. The Morgan fingerprint density at radius 2 is 1.94 bits per heavy atom. The molecule has 0 spiro atoms. The number of benzene rings is 1. The van der Waals surface area contributed by atoms with Gasteiger partial charge >= 0.3 is 13.5 Å². The molecule has 2 aromatic rings. The number of ether oxygens (including phenoxy) is 2. The van der Waals surface area contributed by atoms with Crippen molar-refractivity contribution in [3.63, 3.8) is 0 Å².